The maximum absolute atomic E-state index is 9.15. The summed E-state index contributed by atoms with van der Waals surface area (Å²) < 4.78 is 1.92. The zero-order valence-corrected chi connectivity index (χ0v) is 13.8. The lowest BCUT2D eigenvalue weighted by atomic mass is 9.99. The van der Waals surface area contributed by atoms with Crippen molar-refractivity contribution < 1.29 is 5.11 Å². The number of aromatic nitrogens is 2. The third-order valence-corrected chi connectivity index (χ3v) is 4.64. The Balaban J connectivity index is 1.89. The van der Waals surface area contributed by atoms with Crippen molar-refractivity contribution in [2.24, 2.45) is 0 Å². The van der Waals surface area contributed by atoms with Crippen LogP contribution in [0.1, 0.15) is 34.5 Å². The van der Waals surface area contributed by atoms with Crippen LogP contribution in [0.4, 0.5) is 5.69 Å². The van der Waals surface area contributed by atoms with Crippen LogP contribution < -0.4 is 4.90 Å². The number of benzene rings is 1. The van der Waals surface area contributed by atoms with E-state index < -0.39 is 0 Å². The molecule has 0 aliphatic carbocycles. The van der Waals surface area contributed by atoms with E-state index in [0.29, 0.717) is 6.54 Å². The summed E-state index contributed by atoms with van der Waals surface area (Å²) in [5.41, 5.74) is 7.71. The second-order valence-electron chi connectivity index (χ2n) is 6.25. The first-order valence-electron chi connectivity index (χ1n) is 8.08. The fraction of sp³-hybridized carbons (Fsp3) is 0.500. The fourth-order valence-electron chi connectivity index (χ4n) is 3.43. The van der Waals surface area contributed by atoms with Crippen LogP contribution >= 0.6 is 0 Å². The summed E-state index contributed by atoms with van der Waals surface area (Å²) >= 11 is 0. The van der Waals surface area contributed by atoms with Crippen LogP contribution in [0.25, 0.3) is 0 Å². The molecule has 3 rings (SSSR count). The average Bonchev–Trinajstić information content (AvgIpc) is 2.75. The summed E-state index contributed by atoms with van der Waals surface area (Å²) in [4.78, 5) is 2.47. The standard InChI is InChI=1S/C18H25N3O/c1-13-6-7-18-16(11-13)5-4-8-20(18)12-17-14(2)19-21(9-10-22)15(17)3/h6-7,11,22H,4-5,8-10,12H2,1-3H3. The molecule has 2 heterocycles. The Labute approximate surface area is 132 Å². The number of nitrogens with zero attached hydrogens (tertiary/aromatic N) is 3. The van der Waals surface area contributed by atoms with Gasteiger partial charge in [0.25, 0.3) is 0 Å². The summed E-state index contributed by atoms with van der Waals surface area (Å²) in [6.45, 7) is 9.03. The van der Waals surface area contributed by atoms with Gasteiger partial charge in [-0.25, -0.2) is 0 Å². The van der Waals surface area contributed by atoms with E-state index in [2.05, 4.69) is 49.0 Å². The third-order valence-electron chi connectivity index (χ3n) is 4.64. The van der Waals surface area contributed by atoms with E-state index >= 15 is 0 Å². The minimum absolute atomic E-state index is 0.132. The van der Waals surface area contributed by atoms with Gasteiger partial charge in [-0.2, -0.15) is 5.10 Å². The smallest absolute Gasteiger partial charge is 0.0646 e. The van der Waals surface area contributed by atoms with Crippen LogP contribution in [0, 0.1) is 20.8 Å². The molecule has 1 aliphatic heterocycles. The second kappa shape index (κ2) is 6.13. The van der Waals surface area contributed by atoms with Crippen molar-refractivity contribution in [3.63, 3.8) is 0 Å². The summed E-state index contributed by atoms with van der Waals surface area (Å²) in [5, 5.41) is 13.7. The van der Waals surface area contributed by atoms with Crippen molar-refractivity contribution >= 4 is 5.69 Å². The number of rotatable bonds is 4. The van der Waals surface area contributed by atoms with Crippen LogP contribution in [0.5, 0.6) is 0 Å². The van der Waals surface area contributed by atoms with Gasteiger partial charge in [-0.1, -0.05) is 17.7 Å². The highest BCUT2D eigenvalue weighted by molar-refractivity contribution is 5.57. The number of aliphatic hydroxyl groups excluding tert-OH is 1. The molecule has 0 radical (unpaired) electrons. The normalized spacial score (nSPS) is 14.3. The molecule has 118 valence electrons. The minimum Gasteiger partial charge on any atom is -0.394 e. The number of anilines is 1. The van der Waals surface area contributed by atoms with Gasteiger partial charge in [0.15, 0.2) is 0 Å². The van der Waals surface area contributed by atoms with Crippen molar-refractivity contribution in [3.8, 4) is 0 Å². The summed E-state index contributed by atoms with van der Waals surface area (Å²) in [6.07, 6.45) is 2.38. The minimum atomic E-state index is 0.132. The van der Waals surface area contributed by atoms with Crippen molar-refractivity contribution in [1.82, 2.24) is 9.78 Å². The van der Waals surface area contributed by atoms with Crippen molar-refractivity contribution in [1.29, 1.82) is 0 Å². The maximum Gasteiger partial charge on any atom is 0.0646 e. The Kier molecular flexibility index (Phi) is 4.21. The molecular formula is C18H25N3O. The lowest BCUT2D eigenvalue weighted by Crippen LogP contribution is -2.29. The molecule has 22 heavy (non-hydrogen) atoms. The molecule has 1 aromatic heterocycles. The van der Waals surface area contributed by atoms with E-state index in [9.17, 15) is 0 Å². The first kappa shape index (κ1) is 15.1. The lowest BCUT2D eigenvalue weighted by molar-refractivity contribution is 0.268. The molecule has 0 bridgehead atoms. The van der Waals surface area contributed by atoms with Crippen LogP contribution in [-0.2, 0) is 19.5 Å². The molecule has 2 aromatic rings. The molecular weight excluding hydrogens is 274 g/mol. The van der Waals surface area contributed by atoms with Crippen molar-refractivity contribution in [3.05, 3.63) is 46.3 Å². The van der Waals surface area contributed by atoms with Gasteiger partial charge < -0.3 is 10.0 Å². The Morgan fingerprint density at radius 3 is 2.82 bits per heavy atom. The van der Waals surface area contributed by atoms with Gasteiger partial charge in [0, 0.05) is 30.0 Å². The molecule has 0 amide bonds. The molecule has 0 atom stereocenters. The molecule has 1 N–H and O–H groups in total. The molecule has 0 fully saturated rings. The Morgan fingerprint density at radius 2 is 2.05 bits per heavy atom. The van der Waals surface area contributed by atoms with Crippen LogP contribution in [0.2, 0.25) is 0 Å². The quantitative estimate of drug-likeness (QED) is 0.944. The van der Waals surface area contributed by atoms with E-state index in [-0.39, 0.29) is 6.61 Å². The van der Waals surface area contributed by atoms with Gasteiger partial charge in [0.2, 0.25) is 0 Å². The summed E-state index contributed by atoms with van der Waals surface area (Å²) in [6, 6.07) is 6.77. The topological polar surface area (TPSA) is 41.3 Å². The van der Waals surface area contributed by atoms with Gasteiger partial charge in [-0.3, -0.25) is 4.68 Å². The number of hydrogen-bond acceptors (Lipinski definition) is 3. The monoisotopic (exact) mass is 299 g/mol. The first-order chi connectivity index (χ1) is 10.6. The summed E-state index contributed by atoms with van der Waals surface area (Å²) in [5.74, 6) is 0. The van der Waals surface area contributed by atoms with E-state index in [1.807, 2.05) is 4.68 Å². The third kappa shape index (κ3) is 2.75. The van der Waals surface area contributed by atoms with Crippen LogP contribution in [-0.4, -0.2) is 28.0 Å². The van der Waals surface area contributed by atoms with Gasteiger partial charge in [0.1, 0.15) is 0 Å². The highest BCUT2D eigenvalue weighted by atomic mass is 16.3. The van der Waals surface area contributed by atoms with E-state index in [4.69, 9.17) is 5.11 Å². The number of aliphatic hydroxyl groups is 1. The molecule has 0 unspecified atom stereocenters. The molecule has 0 saturated carbocycles. The Hall–Kier alpha value is -1.81. The number of fused-ring (bicyclic) bond motifs is 1. The average molecular weight is 299 g/mol. The van der Waals surface area contributed by atoms with Gasteiger partial charge in [-0.05, 0) is 45.2 Å². The molecule has 4 nitrogen and oxygen atoms in total. The Morgan fingerprint density at radius 1 is 1.23 bits per heavy atom. The highest BCUT2D eigenvalue weighted by Gasteiger charge is 2.20. The Bertz CT molecular complexity index is 675. The predicted octanol–water partition coefficient (Wildman–Crippen LogP) is 2.75. The number of aryl methyl sites for hydroxylation is 3. The molecule has 1 aliphatic rings. The van der Waals surface area contributed by atoms with E-state index in [1.54, 1.807) is 0 Å². The maximum atomic E-state index is 9.15. The predicted molar refractivity (Wildman–Crippen MR) is 89.3 cm³/mol. The molecule has 4 heteroatoms. The first-order valence-corrected chi connectivity index (χ1v) is 8.08. The SMILES string of the molecule is Cc1ccc2c(c1)CCCN2Cc1c(C)nn(CCO)c1C. The second-order valence-corrected chi connectivity index (χ2v) is 6.25. The highest BCUT2D eigenvalue weighted by Crippen LogP contribution is 2.30. The van der Waals surface area contributed by atoms with Crippen LogP contribution in [0.15, 0.2) is 18.2 Å². The summed E-state index contributed by atoms with van der Waals surface area (Å²) in [7, 11) is 0. The van der Waals surface area contributed by atoms with Gasteiger partial charge >= 0.3 is 0 Å². The molecule has 0 spiro atoms. The number of hydrogen-bond donors (Lipinski definition) is 1. The molecule has 0 saturated heterocycles. The largest absolute Gasteiger partial charge is 0.394 e. The van der Waals surface area contributed by atoms with E-state index in [1.165, 1.54) is 40.9 Å². The van der Waals surface area contributed by atoms with Gasteiger partial charge in [-0.15, -0.1) is 0 Å². The van der Waals surface area contributed by atoms with Crippen LogP contribution in [0.3, 0.4) is 0 Å². The lowest BCUT2D eigenvalue weighted by Gasteiger charge is -2.31. The zero-order valence-electron chi connectivity index (χ0n) is 13.8. The fourth-order valence-corrected chi connectivity index (χ4v) is 3.43. The molecule has 1 aromatic carbocycles. The van der Waals surface area contributed by atoms with Gasteiger partial charge in [0.05, 0.1) is 18.8 Å². The zero-order chi connectivity index (χ0) is 15.7. The van der Waals surface area contributed by atoms with Crippen molar-refractivity contribution in [2.75, 3.05) is 18.1 Å². The van der Waals surface area contributed by atoms with Crippen molar-refractivity contribution in [2.45, 2.75) is 46.7 Å². The van der Waals surface area contributed by atoms with E-state index in [0.717, 1.165) is 18.8 Å².